The molecule has 2 aromatic carbocycles. The van der Waals surface area contributed by atoms with Crippen LogP contribution < -0.4 is 9.80 Å². The van der Waals surface area contributed by atoms with Crippen LogP contribution in [0.1, 0.15) is 51.2 Å². The molecule has 1 spiro atoms. The number of ether oxygens (including phenoxy) is 1. The first-order valence-corrected chi connectivity index (χ1v) is 16.0. The highest BCUT2D eigenvalue weighted by atomic mass is 16.5. The van der Waals surface area contributed by atoms with Crippen molar-refractivity contribution in [2.45, 2.75) is 77.2 Å². The molecule has 3 saturated heterocycles. The van der Waals surface area contributed by atoms with Crippen molar-refractivity contribution in [1.82, 2.24) is 4.90 Å². The van der Waals surface area contributed by atoms with Crippen molar-refractivity contribution in [2.24, 2.45) is 17.8 Å². The van der Waals surface area contributed by atoms with Gasteiger partial charge in [-0.3, -0.25) is 14.4 Å². The topological polar surface area (TPSA) is 90.4 Å². The Bertz CT molecular complexity index is 1470. The van der Waals surface area contributed by atoms with E-state index in [1.807, 2.05) is 83.1 Å². The van der Waals surface area contributed by atoms with Crippen LogP contribution in [0.25, 0.3) is 0 Å². The third-order valence-electron chi connectivity index (χ3n) is 9.94. The molecule has 2 aromatic rings. The second-order valence-corrected chi connectivity index (χ2v) is 13.5. The van der Waals surface area contributed by atoms with Crippen LogP contribution in [-0.2, 0) is 19.1 Å². The van der Waals surface area contributed by atoms with Crippen LogP contribution in [-0.4, -0.2) is 70.7 Å². The third kappa shape index (κ3) is 5.42. The van der Waals surface area contributed by atoms with E-state index in [-0.39, 0.29) is 43.3 Å². The quantitative estimate of drug-likeness (QED) is 0.332. The number of carbonyl (C=O) groups excluding carboxylic acids is 3. The highest BCUT2D eigenvalue weighted by molar-refractivity contribution is 6.07. The summed E-state index contributed by atoms with van der Waals surface area (Å²) < 4.78 is 6.93. The maximum Gasteiger partial charge on any atom is 0.253 e. The van der Waals surface area contributed by atoms with Crippen molar-refractivity contribution in [1.29, 1.82) is 0 Å². The number of rotatable bonds is 12. The number of hydrogen-bond donors (Lipinski definition) is 1. The van der Waals surface area contributed by atoms with Gasteiger partial charge in [-0.2, -0.15) is 0 Å². The molecule has 0 radical (unpaired) electrons. The van der Waals surface area contributed by atoms with Crippen molar-refractivity contribution >= 4 is 29.1 Å². The molecule has 3 aliphatic rings. The number of para-hydroxylation sites is 1. The predicted molar refractivity (Wildman–Crippen MR) is 177 cm³/mol. The van der Waals surface area contributed by atoms with Gasteiger partial charge < -0.3 is 24.5 Å². The minimum atomic E-state index is -1.22. The highest BCUT2D eigenvalue weighted by Gasteiger charge is 2.79. The monoisotopic (exact) mass is 613 g/mol. The van der Waals surface area contributed by atoms with Gasteiger partial charge in [0.1, 0.15) is 11.6 Å². The molecule has 8 heteroatoms. The van der Waals surface area contributed by atoms with E-state index < -0.39 is 35.1 Å². The van der Waals surface area contributed by atoms with Crippen molar-refractivity contribution in [3.63, 3.8) is 0 Å². The summed E-state index contributed by atoms with van der Waals surface area (Å²) in [7, 11) is 0. The van der Waals surface area contributed by atoms with E-state index in [1.165, 1.54) is 0 Å². The van der Waals surface area contributed by atoms with Gasteiger partial charge in [-0.05, 0) is 75.3 Å². The van der Waals surface area contributed by atoms with Gasteiger partial charge in [-0.15, -0.1) is 13.2 Å². The average Bonchev–Trinajstić information content (AvgIpc) is 3.59. The van der Waals surface area contributed by atoms with E-state index in [9.17, 15) is 14.7 Å². The number of aliphatic hydroxyl groups excluding tert-OH is 1. The standard InChI is InChI=1S/C37H47N3O5/c1-8-19-38(27-13-11-10-12-14-27)33(42)30-31-34(43)40(28(23-41)21-24(3)4)32(37(31)18-17-36(30,7)45-37)35(44)39(20-9-2)29-22-25(5)15-16-26(29)6/h8-16,22,24,28,30-32,41H,1-2,17-21,23H2,3-7H3/t28-,30-,31+,32?,36+,37?/m1/s1. The Morgan fingerprint density at radius 3 is 2.33 bits per heavy atom. The summed E-state index contributed by atoms with van der Waals surface area (Å²) in [5.41, 5.74) is 1.20. The van der Waals surface area contributed by atoms with Crippen LogP contribution in [0.5, 0.6) is 0 Å². The van der Waals surface area contributed by atoms with E-state index in [0.717, 1.165) is 16.8 Å². The van der Waals surface area contributed by atoms with Crippen LogP contribution in [0.3, 0.4) is 0 Å². The third-order valence-corrected chi connectivity index (χ3v) is 9.94. The molecule has 1 N–H and O–H groups in total. The Kier molecular flexibility index (Phi) is 9.11. The zero-order valence-electron chi connectivity index (χ0n) is 27.2. The fraction of sp³-hybridized carbons (Fsp3) is 0.486. The van der Waals surface area contributed by atoms with E-state index in [1.54, 1.807) is 26.9 Å². The molecule has 2 unspecified atom stereocenters. The average molecular weight is 614 g/mol. The summed E-state index contributed by atoms with van der Waals surface area (Å²) in [6.07, 6.45) is 4.84. The van der Waals surface area contributed by atoms with Gasteiger partial charge in [0.05, 0.1) is 30.1 Å². The van der Waals surface area contributed by atoms with Crippen molar-refractivity contribution < 1.29 is 24.2 Å². The minimum absolute atomic E-state index is 0.153. The fourth-order valence-electron chi connectivity index (χ4n) is 8.05. The number of anilines is 2. The molecule has 8 nitrogen and oxygen atoms in total. The Hall–Kier alpha value is -3.75. The van der Waals surface area contributed by atoms with Gasteiger partial charge in [0.2, 0.25) is 11.8 Å². The number of likely N-dealkylation sites (tertiary alicyclic amines) is 1. The minimum Gasteiger partial charge on any atom is -0.394 e. The zero-order valence-corrected chi connectivity index (χ0v) is 27.2. The number of nitrogens with zero attached hydrogens (tertiary/aromatic N) is 3. The lowest BCUT2D eigenvalue weighted by atomic mass is 9.66. The van der Waals surface area contributed by atoms with Gasteiger partial charge in [-0.1, -0.05) is 56.3 Å². The lowest BCUT2D eigenvalue weighted by Crippen LogP contribution is -2.59. The Labute approximate surface area is 267 Å². The summed E-state index contributed by atoms with van der Waals surface area (Å²) >= 11 is 0. The number of carbonyl (C=O) groups is 3. The SMILES string of the molecule is C=CCN(C(=O)[C@H]1[C@H]2C(=O)N([C@@H](CO)CC(C)C)C(C(=O)N(CC=C)c3cc(C)ccc3C)C23CC[C@]1(C)O3)c1ccccc1. The molecule has 3 aliphatic heterocycles. The number of fused-ring (bicyclic) bond motifs is 1. The number of hydrogen-bond acceptors (Lipinski definition) is 5. The largest absolute Gasteiger partial charge is 0.394 e. The highest BCUT2D eigenvalue weighted by Crippen LogP contribution is 2.64. The predicted octanol–water partition coefficient (Wildman–Crippen LogP) is 5.21. The molecule has 3 fully saturated rings. The maximum absolute atomic E-state index is 15.0. The molecule has 0 aliphatic carbocycles. The second-order valence-electron chi connectivity index (χ2n) is 13.5. The summed E-state index contributed by atoms with van der Waals surface area (Å²) in [5, 5.41) is 10.7. The van der Waals surface area contributed by atoms with E-state index >= 15 is 4.79 Å². The molecule has 5 rings (SSSR count). The number of benzene rings is 2. The number of amides is 3. The Balaban J connectivity index is 1.66. The lowest BCUT2D eigenvalue weighted by Gasteiger charge is -2.40. The normalized spacial score (nSPS) is 27.4. The first-order chi connectivity index (χ1) is 21.4. The molecule has 0 aromatic heterocycles. The molecule has 3 heterocycles. The maximum atomic E-state index is 15.0. The van der Waals surface area contributed by atoms with Crippen molar-refractivity contribution in [3.05, 3.63) is 85.0 Å². The molecule has 240 valence electrons. The van der Waals surface area contributed by atoms with Gasteiger partial charge >= 0.3 is 0 Å². The molecule has 3 amide bonds. The smallest absolute Gasteiger partial charge is 0.253 e. The van der Waals surface area contributed by atoms with Crippen molar-refractivity contribution in [3.8, 4) is 0 Å². The molecule has 45 heavy (non-hydrogen) atoms. The molecular weight excluding hydrogens is 566 g/mol. The number of aryl methyl sites for hydroxylation is 2. The van der Waals surface area contributed by atoms with Crippen molar-refractivity contribution in [2.75, 3.05) is 29.5 Å². The van der Waals surface area contributed by atoms with Crippen LogP contribution in [0.2, 0.25) is 0 Å². The summed E-state index contributed by atoms with van der Waals surface area (Å²) in [5.74, 6) is -2.35. The molecule has 6 atom stereocenters. The lowest BCUT2D eigenvalue weighted by molar-refractivity contribution is -0.148. The fourth-order valence-corrected chi connectivity index (χ4v) is 8.05. The second kappa shape index (κ2) is 12.6. The first kappa shape index (κ1) is 32.6. The molecular formula is C37H47N3O5. The molecule has 0 saturated carbocycles. The van der Waals surface area contributed by atoms with Gasteiger partial charge in [-0.25, -0.2) is 0 Å². The van der Waals surface area contributed by atoms with Gasteiger partial charge in [0, 0.05) is 24.5 Å². The van der Waals surface area contributed by atoms with Crippen LogP contribution in [0.15, 0.2) is 73.8 Å². The van der Waals surface area contributed by atoms with E-state index in [4.69, 9.17) is 4.74 Å². The van der Waals surface area contributed by atoms with E-state index in [0.29, 0.717) is 24.9 Å². The summed E-state index contributed by atoms with van der Waals surface area (Å²) in [4.78, 5) is 49.4. The summed E-state index contributed by atoms with van der Waals surface area (Å²) in [6.45, 7) is 17.9. The molecule has 2 bridgehead atoms. The Morgan fingerprint density at radius 2 is 1.71 bits per heavy atom. The van der Waals surface area contributed by atoms with Gasteiger partial charge in [0.25, 0.3) is 5.91 Å². The van der Waals surface area contributed by atoms with Crippen LogP contribution >= 0.6 is 0 Å². The number of aliphatic hydroxyl groups is 1. The summed E-state index contributed by atoms with van der Waals surface area (Å²) in [6, 6.07) is 13.7. The first-order valence-electron chi connectivity index (χ1n) is 16.0. The van der Waals surface area contributed by atoms with Gasteiger partial charge in [0.15, 0.2) is 0 Å². The van der Waals surface area contributed by atoms with Crippen LogP contribution in [0, 0.1) is 31.6 Å². The van der Waals surface area contributed by atoms with Crippen LogP contribution in [0.4, 0.5) is 11.4 Å². The zero-order chi connectivity index (χ0) is 32.7. The van der Waals surface area contributed by atoms with E-state index in [2.05, 4.69) is 13.2 Å². The Morgan fingerprint density at radius 1 is 1.04 bits per heavy atom.